The highest BCUT2D eigenvalue weighted by Crippen LogP contribution is 2.33. The number of aryl methyl sites for hydroxylation is 1. The van der Waals surface area contributed by atoms with Gasteiger partial charge in [-0.15, -0.1) is 5.10 Å². The van der Waals surface area contributed by atoms with Crippen molar-refractivity contribution in [1.82, 2.24) is 20.3 Å². The lowest BCUT2D eigenvalue weighted by atomic mass is 9.94. The summed E-state index contributed by atoms with van der Waals surface area (Å²) >= 11 is 3.47. The van der Waals surface area contributed by atoms with E-state index in [4.69, 9.17) is 4.74 Å². The Hall–Kier alpha value is -0.460. The van der Waals surface area contributed by atoms with E-state index in [1.165, 1.54) is 0 Å². The smallest absolute Gasteiger partial charge is 0.153 e. The lowest BCUT2D eigenvalue weighted by molar-refractivity contribution is 0.116. The van der Waals surface area contributed by atoms with Gasteiger partial charge in [0.15, 0.2) is 4.60 Å². The zero-order valence-electron chi connectivity index (χ0n) is 10.5. The highest BCUT2D eigenvalue weighted by Gasteiger charge is 2.33. The number of hydrogen-bond donors (Lipinski definition) is 1. The first kappa shape index (κ1) is 13.0. The molecule has 1 N–H and O–H groups in total. The molecule has 0 aliphatic carbocycles. The number of nitrogens with zero attached hydrogens (tertiary/aromatic N) is 3. The Balaban J connectivity index is 2.23. The monoisotopic (exact) mass is 302 g/mol. The van der Waals surface area contributed by atoms with Crippen LogP contribution in [0, 0.1) is 5.92 Å². The molecule has 5 nitrogen and oxygen atoms in total. The van der Waals surface area contributed by atoms with Gasteiger partial charge in [0.1, 0.15) is 0 Å². The number of ether oxygens (including phenoxy) is 1. The van der Waals surface area contributed by atoms with Crippen molar-refractivity contribution in [3.05, 3.63) is 10.3 Å². The van der Waals surface area contributed by atoms with Gasteiger partial charge in [-0.3, -0.25) is 0 Å². The Bertz CT molecular complexity index is 362. The first-order valence-corrected chi connectivity index (χ1v) is 6.82. The van der Waals surface area contributed by atoms with Crippen LogP contribution in [0.3, 0.4) is 0 Å². The van der Waals surface area contributed by atoms with Crippen molar-refractivity contribution in [3.8, 4) is 0 Å². The number of nitrogens with one attached hydrogen (secondary N) is 1. The topological polar surface area (TPSA) is 52.0 Å². The molecule has 17 heavy (non-hydrogen) atoms. The molecule has 1 aliphatic heterocycles. The molecule has 2 rings (SSSR count). The average Bonchev–Trinajstić information content (AvgIpc) is 2.84. The summed E-state index contributed by atoms with van der Waals surface area (Å²) in [6, 6.07) is 0.249. The van der Waals surface area contributed by atoms with E-state index in [9.17, 15) is 0 Å². The fourth-order valence-corrected chi connectivity index (χ4v) is 3.03. The van der Waals surface area contributed by atoms with Crippen LogP contribution in [0.4, 0.5) is 0 Å². The molecule has 1 aromatic rings. The Morgan fingerprint density at radius 2 is 2.41 bits per heavy atom. The van der Waals surface area contributed by atoms with Gasteiger partial charge in [0, 0.05) is 13.0 Å². The van der Waals surface area contributed by atoms with Crippen LogP contribution in [-0.2, 0) is 11.8 Å². The van der Waals surface area contributed by atoms with Crippen molar-refractivity contribution in [2.75, 3.05) is 13.2 Å². The molecule has 1 aromatic heterocycles. The minimum absolute atomic E-state index is 0.249. The molecule has 0 radical (unpaired) electrons. The molecular formula is C11H19BrN4O. The van der Waals surface area contributed by atoms with Crippen molar-refractivity contribution in [3.63, 3.8) is 0 Å². The van der Waals surface area contributed by atoms with E-state index in [0.29, 0.717) is 12.0 Å². The maximum atomic E-state index is 5.67. The third-order valence-corrected chi connectivity index (χ3v) is 3.81. The Morgan fingerprint density at radius 1 is 1.65 bits per heavy atom. The van der Waals surface area contributed by atoms with E-state index in [1.807, 2.05) is 11.7 Å². The third-order valence-electron chi connectivity index (χ3n) is 3.25. The Morgan fingerprint density at radius 3 is 2.88 bits per heavy atom. The van der Waals surface area contributed by atoms with Gasteiger partial charge in [-0.05, 0) is 35.8 Å². The molecule has 1 saturated heterocycles. The highest BCUT2D eigenvalue weighted by atomic mass is 79.9. The fourth-order valence-electron chi connectivity index (χ4n) is 2.46. The summed E-state index contributed by atoms with van der Waals surface area (Å²) in [6.07, 6.45) is 1.43. The number of rotatable bonds is 4. The second-order valence-electron chi connectivity index (χ2n) is 4.56. The second kappa shape index (κ2) is 5.46. The van der Waals surface area contributed by atoms with Crippen LogP contribution in [0.1, 0.15) is 32.0 Å². The molecule has 1 aliphatic rings. The number of halogens is 1. The first-order valence-electron chi connectivity index (χ1n) is 6.03. The Kier molecular flexibility index (Phi) is 4.17. The van der Waals surface area contributed by atoms with Gasteiger partial charge in [0.05, 0.1) is 24.4 Å². The van der Waals surface area contributed by atoms with E-state index >= 15 is 0 Å². The normalized spacial score (nSPS) is 26.4. The van der Waals surface area contributed by atoms with Gasteiger partial charge < -0.3 is 10.1 Å². The van der Waals surface area contributed by atoms with Crippen molar-refractivity contribution >= 4 is 15.9 Å². The van der Waals surface area contributed by atoms with Crippen molar-refractivity contribution < 1.29 is 4.74 Å². The van der Waals surface area contributed by atoms with E-state index < -0.39 is 0 Å². The zero-order chi connectivity index (χ0) is 12.4. The number of aromatic nitrogens is 3. The lowest BCUT2D eigenvalue weighted by Gasteiger charge is -2.23. The summed E-state index contributed by atoms with van der Waals surface area (Å²) in [5.74, 6) is 0.485. The van der Waals surface area contributed by atoms with E-state index in [-0.39, 0.29) is 6.04 Å². The zero-order valence-corrected chi connectivity index (χ0v) is 12.1. The molecule has 0 amide bonds. The van der Waals surface area contributed by atoms with Crippen molar-refractivity contribution in [1.29, 1.82) is 0 Å². The second-order valence-corrected chi connectivity index (χ2v) is 5.32. The van der Waals surface area contributed by atoms with Gasteiger partial charge in [0.25, 0.3) is 0 Å². The molecule has 0 spiro atoms. The predicted octanol–water partition coefficient (Wildman–Crippen LogP) is 1.65. The molecule has 2 heterocycles. The highest BCUT2D eigenvalue weighted by molar-refractivity contribution is 9.10. The van der Waals surface area contributed by atoms with Gasteiger partial charge in [-0.1, -0.05) is 12.1 Å². The molecule has 3 atom stereocenters. The summed E-state index contributed by atoms with van der Waals surface area (Å²) in [6.45, 7) is 5.97. The lowest BCUT2D eigenvalue weighted by Crippen LogP contribution is -2.30. The standard InChI is InChI=1S/C11H19BrN4O/c1-4-13-9(8-5-7(2)17-6-8)10-11(12)14-15-16(10)3/h7-9,13H,4-6H2,1-3H3. The van der Waals surface area contributed by atoms with Gasteiger partial charge in [-0.2, -0.15) is 0 Å². The fraction of sp³-hybridized carbons (Fsp3) is 0.818. The molecule has 1 fully saturated rings. The summed E-state index contributed by atoms with van der Waals surface area (Å²) in [5, 5.41) is 11.6. The number of hydrogen-bond acceptors (Lipinski definition) is 4. The summed E-state index contributed by atoms with van der Waals surface area (Å²) in [4.78, 5) is 0. The largest absolute Gasteiger partial charge is 0.378 e. The maximum absolute atomic E-state index is 5.67. The van der Waals surface area contributed by atoms with Crippen molar-refractivity contribution in [2.24, 2.45) is 13.0 Å². The molecule has 3 unspecified atom stereocenters. The summed E-state index contributed by atoms with van der Waals surface area (Å²) in [5.41, 5.74) is 1.11. The van der Waals surface area contributed by atoms with Crippen LogP contribution in [0.2, 0.25) is 0 Å². The molecule has 0 bridgehead atoms. The first-order chi connectivity index (χ1) is 8.13. The van der Waals surface area contributed by atoms with E-state index in [2.05, 4.69) is 45.4 Å². The van der Waals surface area contributed by atoms with Crippen LogP contribution < -0.4 is 5.32 Å². The van der Waals surface area contributed by atoms with Crippen LogP contribution >= 0.6 is 15.9 Å². The summed E-state index contributed by atoms with van der Waals surface area (Å²) in [7, 11) is 1.93. The van der Waals surface area contributed by atoms with Crippen LogP contribution in [0.25, 0.3) is 0 Å². The summed E-state index contributed by atoms with van der Waals surface area (Å²) < 4.78 is 8.32. The minimum atomic E-state index is 0.249. The maximum Gasteiger partial charge on any atom is 0.153 e. The molecule has 96 valence electrons. The average molecular weight is 303 g/mol. The van der Waals surface area contributed by atoms with Crippen LogP contribution in [-0.4, -0.2) is 34.2 Å². The van der Waals surface area contributed by atoms with E-state index in [0.717, 1.165) is 29.9 Å². The predicted molar refractivity (Wildman–Crippen MR) is 68.6 cm³/mol. The van der Waals surface area contributed by atoms with Crippen molar-refractivity contribution in [2.45, 2.75) is 32.4 Å². The van der Waals surface area contributed by atoms with Gasteiger partial charge in [-0.25, -0.2) is 4.68 Å². The van der Waals surface area contributed by atoms with Gasteiger partial charge >= 0.3 is 0 Å². The Labute approximate surface area is 110 Å². The van der Waals surface area contributed by atoms with Crippen LogP contribution in [0.5, 0.6) is 0 Å². The molecular weight excluding hydrogens is 284 g/mol. The SMILES string of the molecule is CCNC(c1c(Br)nnn1C)C1COC(C)C1. The minimum Gasteiger partial charge on any atom is -0.378 e. The molecule has 0 aromatic carbocycles. The van der Waals surface area contributed by atoms with Gasteiger partial charge in [0.2, 0.25) is 0 Å². The molecule has 0 saturated carbocycles. The van der Waals surface area contributed by atoms with E-state index in [1.54, 1.807) is 0 Å². The third kappa shape index (κ3) is 2.69. The van der Waals surface area contributed by atoms with Crippen LogP contribution in [0.15, 0.2) is 4.60 Å². The quantitative estimate of drug-likeness (QED) is 0.919. The molecule has 6 heteroatoms.